The van der Waals surface area contributed by atoms with Crippen molar-refractivity contribution in [2.75, 3.05) is 20.3 Å². The van der Waals surface area contributed by atoms with Gasteiger partial charge >= 0.3 is 0 Å². The largest absolute Gasteiger partial charge is 0.380 e. The number of rotatable bonds is 5. The van der Waals surface area contributed by atoms with E-state index in [1.54, 1.807) is 0 Å². The van der Waals surface area contributed by atoms with Crippen LogP contribution in [0.5, 0.6) is 0 Å². The zero-order chi connectivity index (χ0) is 11.3. The van der Waals surface area contributed by atoms with E-state index in [4.69, 9.17) is 4.74 Å². The fourth-order valence-electron chi connectivity index (χ4n) is 1.35. The number of benzene rings is 1. The standard InChI is InChI=1S/C11H15BrINO/c1-3-15-7-11(14-2)9-6-8(13)4-5-10(9)12/h4-6,11,14H,3,7H2,1-2H3. The molecule has 0 spiro atoms. The molecule has 0 fully saturated rings. The Kier molecular flexibility index (Phi) is 6.11. The first-order valence-electron chi connectivity index (χ1n) is 4.89. The van der Waals surface area contributed by atoms with Crippen LogP contribution in [0.15, 0.2) is 22.7 Å². The van der Waals surface area contributed by atoms with Crippen molar-refractivity contribution in [2.45, 2.75) is 13.0 Å². The molecule has 1 aromatic rings. The van der Waals surface area contributed by atoms with E-state index in [0.29, 0.717) is 6.61 Å². The summed E-state index contributed by atoms with van der Waals surface area (Å²) in [5.74, 6) is 0. The van der Waals surface area contributed by atoms with Crippen molar-refractivity contribution in [1.29, 1.82) is 0 Å². The average molecular weight is 384 g/mol. The fraction of sp³-hybridized carbons (Fsp3) is 0.455. The minimum Gasteiger partial charge on any atom is -0.380 e. The monoisotopic (exact) mass is 383 g/mol. The van der Waals surface area contributed by atoms with Gasteiger partial charge in [-0.1, -0.05) is 15.9 Å². The molecule has 0 radical (unpaired) electrons. The van der Waals surface area contributed by atoms with Crippen molar-refractivity contribution in [1.82, 2.24) is 5.32 Å². The molecule has 4 heteroatoms. The molecule has 0 aliphatic carbocycles. The minimum absolute atomic E-state index is 0.244. The molecule has 0 amide bonds. The van der Waals surface area contributed by atoms with E-state index in [2.05, 4.69) is 62.0 Å². The highest BCUT2D eigenvalue weighted by Crippen LogP contribution is 2.25. The van der Waals surface area contributed by atoms with Gasteiger partial charge in [0.1, 0.15) is 0 Å². The van der Waals surface area contributed by atoms with Crippen LogP contribution in [0.2, 0.25) is 0 Å². The van der Waals surface area contributed by atoms with Gasteiger partial charge in [0.05, 0.1) is 12.6 Å². The summed E-state index contributed by atoms with van der Waals surface area (Å²) in [6, 6.07) is 6.58. The molecule has 0 aliphatic heterocycles. The van der Waals surface area contributed by atoms with E-state index in [0.717, 1.165) is 11.1 Å². The van der Waals surface area contributed by atoms with Gasteiger partial charge in [-0.05, 0) is 60.3 Å². The first-order valence-corrected chi connectivity index (χ1v) is 6.76. The van der Waals surface area contributed by atoms with Crippen LogP contribution in [0.4, 0.5) is 0 Å². The van der Waals surface area contributed by atoms with Crippen LogP contribution < -0.4 is 5.32 Å². The van der Waals surface area contributed by atoms with Gasteiger partial charge < -0.3 is 10.1 Å². The lowest BCUT2D eigenvalue weighted by atomic mass is 10.1. The van der Waals surface area contributed by atoms with Gasteiger partial charge in [-0.3, -0.25) is 0 Å². The summed E-state index contributed by atoms with van der Waals surface area (Å²) in [6.45, 7) is 3.46. The highest BCUT2D eigenvalue weighted by molar-refractivity contribution is 14.1. The molecule has 0 heterocycles. The highest BCUT2D eigenvalue weighted by atomic mass is 127. The molecular formula is C11H15BrINO. The third-order valence-corrected chi connectivity index (χ3v) is 3.56. The van der Waals surface area contributed by atoms with E-state index in [-0.39, 0.29) is 6.04 Å². The molecule has 0 aromatic heterocycles. The van der Waals surface area contributed by atoms with Gasteiger partial charge in [0.2, 0.25) is 0 Å². The Labute approximate surface area is 113 Å². The average Bonchev–Trinajstić information content (AvgIpc) is 2.24. The maximum Gasteiger partial charge on any atom is 0.0661 e. The van der Waals surface area contributed by atoms with Gasteiger partial charge in [-0.15, -0.1) is 0 Å². The smallest absolute Gasteiger partial charge is 0.0661 e. The number of hydrogen-bond acceptors (Lipinski definition) is 2. The fourth-order valence-corrected chi connectivity index (χ4v) is 2.38. The van der Waals surface area contributed by atoms with Crippen LogP contribution in [0.25, 0.3) is 0 Å². The SMILES string of the molecule is CCOCC(NC)c1cc(I)ccc1Br. The molecule has 0 aliphatic rings. The predicted octanol–water partition coefficient (Wildman–Crippen LogP) is 3.35. The normalized spacial score (nSPS) is 12.8. The van der Waals surface area contributed by atoms with Crippen LogP contribution in [0.3, 0.4) is 0 Å². The number of halogens is 2. The topological polar surface area (TPSA) is 21.3 Å². The first-order chi connectivity index (χ1) is 7.19. The number of nitrogens with one attached hydrogen (secondary N) is 1. The summed E-state index contributed by atoms with van der Waals surface area (Å²) in [4.78, 5) is 0. The van der Waals surface area contributed by atoms with Gasteiger partial charge in [-0.2, -0.15) is 0 Å². The maximum atomic E-state index is 5.45. The van der Waals surface area contributed by atoms with E-state index >= 15 is 0 Å². The van der Waals surface area contributed by atoms with E-state index in [9.17, 15) is 0 Å². The van der Waals surface area contributed by atoms with Crippen molar-refractivity contribution in [2.24, 2.45) is 0 Å². The Hall–Kier alpha value is 0.350. The van der Waals surface area contributed by atoms with Crippen molar-refractivity contribution >= 4 is 38.5 Å². The van der Waals surface area contributed by atoms with Crippen molar-refractivity contribution < 1.29 is 4.74 Å². The van der Waals surface area contributed by atoms with Crippen LogP contribution >= 0.6 is 38.5 Å². The maximum absolute atomic E-state index is 5.45. The molecule has 1 aromatic carbocycles. The Balaban J connectivity index is 2.85. The second-order valence-corrected chi connectivity index (χ2v) is 5.27. The number of ether oxygens (including phenoxy) is 1. The first kappa shape index (κ1) is 13.4. The molecular weight excluding hydrogens is 369 g/mol. The number of hydrogen-bond donors (Lipinski definition) is 1. The van der Waals surface area contributed by atoms with Crippen molar-refractivity contribution in [3.8, 4) is 0 Å². The molecule has 1 rings (SSSR count). The van der Waals surface area contributed by atoms with Crippen LogP contribution in [-0.4, -0.2) is 20.3 Å². The van der Waals surface area contributed by atoms with E-state index in [1.165, 1.54) is 9.13 Å². The van der Waals surface area contributed by atoms with Gasteiger partial charge in [0, 0.05) is 14.6 Å². The van der Waals surface area contributed by atoms with Crippen LogP contribution in [-0.2, 0) is 4.74 Å². The molecule has 1 atom stereocenters. The van der Waals surface area contributed by atoms with E-state index < -0.39 is 0 Å². The van der Waals surface area contributed by atoms with Crippen molar-refractivity contribution in [3.63, 3.8) is 0 Å². The summed E-state index contributed by atoms with van der Waals surface area (Å²) in [5, 5.41) is 3.26. The summed E-state index contributed by atoms with van der Waals surface area (Å²) in [6.07, 6.45) is 0. The second kappa shape index (κ2) is 6.83. The third kappa shape index (κ3) is 4.01. The van der Waals surface area contributed by atoms with Crippen LogP contribution in [0, 0.1) is 3.57 Å². The molecule has 0 saturated carbocycles. The van der Waals surface area contributed by atoms with E-state index in [1.807, 2.05) is 14.0 Å². The summed E-state index contributed by atoms with van der Waals surface area (Å²) in [7, 11) is 1.95. The second-order valence-electron chi connectivity index (χ2n) is 3.17. The van der Waals surface area contributed by atoms with Crippen molar-refractivity contribution in [3.05, 3.63) is 31.8 Å². The Bertz CT molecular complexity index is 319. The predicted molar refractivity (Wildman–Crippen MR) is 75.2 cm³/mol. The molecule has 15 heavy (non-hydrogen) atoms. The minimum atomic E-state index is 0.244. The zero-order valence-corrected chi connectivity index (χ0v) is 12.6. The Morgan fingerprint density at radius 2 is 2.27 bits per heavy atom. The zero-order valence-electron chi connectivity index (χ0n) is 8.89. The lowest BCUT2D eigenvalue weighted by Crippen LogP contribution is -2.22. The van der Waals surface area contributed by atoms with Crippen LogP contribution in [0.1, 0.15) is 18.5 Å². The highest BCUT2D eigenvalue weighted by Gasteiger charge is 2.12. The summed E-state index contributed by atoms with van der Waals surface area (Å²) >= 11 is 5.88. The third-order valence-electron chi connectivity index (χ3n) is 2.17. The molecule has 1 unspecified atom stereocenters. The Morgan fingerprint density at radius 3 is 2.87 bits per heavy atom. The lowest BCUT2D eigenvalue weighted by molar-refractivity contribution is 0.125. The quantitative estimate of drug-likeness (QED) is 0.787. The molecule has 0 saturated heterocycles. The molecule has 2 nitrogen and oxygen atoms in total. The number of likely N-dealkylation sites (N-methyl/N-ethyl adjacent to an activating group) is 1. The molecule has 0 bridgehead atoms. The van der Waals surface area contributed by atoms with Gasteiger partial charge in [0.15, 0.2) is 0 Å². The molecule has 84 valence electrons. The van der Waals surface area contributed by atoms with Gasteiger partial charge in [0.25, 0.3) is 0 Å². The molecule has 1 N–H and O–H groups in total. The summed E-state index contributed by atoms with van der Waals surface area (Å²) < 4.78 is 7.82. The lowest BCUT2D eigenvalue weighted by Gasteiger charge is -2.18. The Morgan fingerprint density at radius 1 is 1.53 bits per heavy atom. The van der Waals surface area contributed by atoms with Gasteiger partial charge in [-0.25, -0.2) is 0 Å². The summed E-state index contributed by atoms with van der Waals surface area (Å²) in [5.41, 5.74) is 1.25.